The predicted molar refractivity (Wildman–Crippen MR) is 52.3 cm³/mol. The van der Waals surface area contributed by atoms with Crippen molar-refractivity contribution >= 4 is 28.3 Å². The average molecular weight is 214 g/mol. The van der Waals surface area contributed by atoms with Gasteiger partial charge in [0.15, 0.2) is 5.13 Å². The van der Waals surface area contributed by atoms with E-state index >= 15 is 0 Å². The number of nitrogens with zero attached hydrogens (tertiary/aromatic N) is 1. The fourth-order valence-electron chi connectivity index (χ4n) is 0.738. The fourth-order valence-corrected chi connectivity index (χ4v) is 1.41. The van der Waals surface area contributed by atoms with Crippen LogP contribution in [0, 0.1) is 12.8 Å². The molecule has 0 aromatic carbocycles. The zero-order valence-electron chi connectivity index (χ0n) is 7.77. The van der Waals surface area contributed by atoms with Gasteiger partial charge in [-0.2, -0.15) is 0 Å². The van der Waals surface area contributed by atoms with Gasteiger partial charge in [0.2, 0.25) is 5.91 Å². The second-order valence-electron chi connectivity index (χ2n) is 2.83. The van der Waals surface area contributed by atoms with Gasteiger partial charge in [0.25, 0.3) is 0 Å². The number of nitrogens with one attached hydrogen (secondary N) is 1. The van der Waals surface area contributed by atoms with Gasteiger partial charge in [-0.1, -0.05) is 0 Å². The quantitative estimate of drug-likeness (QED) is 0.739. The first-order chi connectivity index (χ1) is 6.50. The molecule has 1 aromatic rings. The molecule has 0 saturated carbocycles. The van der Waals surface area contributed by atoms with Gasteiger partial charge in [-0.15, -0.1) is 11.3 Å². The molecule has 6 heteroatoms. The molecule has 0 fully saturated rings. The van der Waals surface area contributed by atoms with Gasteiger partial charge in [-0.3, -0.25) is 9.59 Å². The molecule has 0 aliphatic heterocycles. The van der Waals surface area contributed by atoms with E-state index in [9.17, 15) is 9.59 Å². The Balaban J connectivity index is 2.61. The molecule has 5 nitrogen and oxygen atoms in total. The van der Waals surface area contributed by atoms with E-state index in [1.807, 2.05) is 6.92 Å². The Morgan fingerprint density at radius 2 is 2.29 bits per heavy atom. The maximum Gasteiger partial charge on any atom is 0.315 e. The van der Waals surface area contributed by atoms with Crippen LogP contribution in [0.5, 0.6) is 0 Å². The molecular formula is C8H10N2O3S. The van der Waals surface area contributed by atoms with Crippen molar-refractivity contribution in [2.24, 2.45) is 5.92 Å². The topological polar surface area (TPSA) is 79.3 Å². The molecule has 1 atom stereocenters. The minimum Gasteiger partial charge on any atom is -0.481 e. The van der Waals surface area contributed by atoms with Crippen LogP contribution in [-0.4, -0.2) is 22.0 Å². The Morgan fingerprint density at radius 1 is 1.64 bits per heavy atom. The maximum absolute atomic E-state index is 11.2. The van der Waals surface area contributed by atoms with E-state index in [2.05, 4.69) is 10.3 Å². The molecule has 1 amide bonds. The highest BCUT2D eigenvalue weighted by atomic mass is 32.1. The summed E-state index contributed by atoms with van der Waals surface area (Å²) in [5.41, 5.74) is 0. The molecule has 0 bridgehead atoms. The summed E-state index contributed by atoms with van der Waals surface area (Å²) < 4.78 is 0. The van der Waals surface area contributed by atoms with E-state index in [1.54, 1.807) is 6.20 Å². The van der Waals surface area contributed by atoms with Gasteiger partial charge in [-0.05, 0) is 13.8 Å². The predicted octanol–water partition coefficient (Wildman–Crippen LogP) is 1.11. The second kappa shape index (κ2) is 4.19. The van der Waals surface area contributed by atoms with Crippen molar-refractivity contribution in [2.45, 2.75) is 13.8 Å². The SMILES string of the molecule is Cc1cnc(NC(=O)C(C)C(=O)O)s1. The van der Waals surface area contributed by atoms with Crippen LogP contribution >= 0.6 is 11.3 Å². The number of carbonyl (C=O) groups is 2. The lowest BCUT2D eigenvalue weighted by molar-refractivity contribution is -0.144. The lowest BCUT2D eigenvalue weighted by Crippen LogP contribution is -2.26. The van der Waals surface area contributed by atoms with Crippen LogP contribution in [0.1, 0.15) is 11.8 Å². The van der Waals surface area contributed by atoms with Crippen LogP contribution in [0.3, 0.4) is 0 Å². The molecule has 1 heterocycles. The third kappa shape index (κ3) is 2.53. The molecular weight excluding hydrogens is 204 g/mol. The van der Waals surface area contributed by atoms with Gasteiger partial charge in [-0.25, -0.2) is 4.98 Å². The van der Waals surface area contributed by atoms with Crippen molar-refractivity contribution in [2.75, 3.05) is 5.32 Å². The number of carboxylic acid groups (broad SMARTS) is 1. The summed E-state index contributed by atoms with van der Waals surface area (Å²) in [5, 5.41) is 11.4. The van der Waals surface area contributed by atoms with Crippen molar-refractivity contribution in [1.29, 1.82) is 0 Å². The summed E-state index contributed by atoms with van der Waals surface area (Å²) in [4.78, 5) is 26.5. The van der Waals surface area contributed by atoms with Crippen LogP contribution in [0.15, 0.2) is 6.20 Å². The van der Waals surface area contributed by atoms with Crippen molar-refractivity contribution in [3.05, 3.63) is 11.1 Å². The normalized spacial score (nSPS) is 12.1. The number of carbonyl (C=O) groups excluding carboxylic acids is 1. The first kappa shape index (κ1) is 10.6. The molecule has 0 aliphatic rings. The number of amides is 1. The largest absolute Gasteiger partial charge is 0.481 e. The Labute approximate surface area is 84.8 Å². The third-order valence-electron chi connectivity index (χ3n) is 1.62. The molecule has 0 saturated heterocycles. The number of aromatic nitrogens is 1. The minimum absolute atomic E-state index is 0.431. The number of hydrogen-bond donors (Lipinski definition) is 2. The summed E-state index contributed by atoms with van der Waals surface area (Å²) >= 11 is 1.31. The summed E-state index contributed by atoms with van der Waals surface area (Å²) in [6.45, 7) is 3.19. The van der Waals surface area contributed by atoms with Gasteiger partial charge >= 0.3 is 5.97 Å². The first-order valence-corrected chi connectivity index (χ1v) is 4.78. The van der Waals surface area contributed by atoms with Gasteiger partial charge in [0.05, 0.1) is 0 Å². The van der Waals surface area contributed by atoms with Crippen LogP contribution in [-0.2, 0) is 9.59 Å². The maximum atomic E-state index is 11.2. The Bertz CT molecular complexity index is 361. The van der Waals surface area contributed by atoms with Crippen molar-refractivity contribution in [3.63, 3.8) is 0 Å². The molecule has 2 N–H and O–H groups in total. The summed E-state index contributed by atoms with van der Waals surface area (Å²) in [6.07, 6.45) is 1.62. The van der Waals surface area contributed by atoms with Crippen LogP contribution in [0.2, 0.25) is 0 Å². The van der Waals surface area contributed by atoms with Crippen molar-refractivity contribution in [3.8, 4) is 0 Å². The van der Waals surface area contributed by atoms with Gasteiger partial charge in [0, 0.05) is 11.1 Å². The highest BCUT2D eigenvalue weighted by Gasteiger charge is 2.21. The van der Waals surface area contributed by atoms with Crippen LogP contribution in [0.25, 0.3) is 0 Å². The van der Waals surface area contributed by atoms with Gasteiger partial charge in [0.1, 0.15) is 5.92 Å². The Morgan fingerprint density at radius 3 is 2.71 bits per heavy atom. The molecule has 0 spiro atoms. The van der Waals surface area contributed by atoms with Crippen LogP contribution in [0.4, 0.5) is 5.13 Å². The fraction of sp³-hybridized carbons (Fsp3) is 0.375. The zero-order chi connectivity index (χ0) is 10.7. The van der Waals surface area contributed by atoms with E-state index in [1.165, 1.54) is 18.3 Å². The third-order valence-corrected chi connectivity index (χ3v) is 2.44. The molecule has 1 unspecified atom stereocenters. The summed E-state index contributed by atoms with van der Waals surface area (Å²) in [5.74, 6) is -2.75. The number of carboxylic acids is 1. The first-order valence-electron chi connectivity index (χ1n) is 3.97. The molecule has 0 radical (unpaired) electrons. The highest BCUT2D eigenvalue weighted by molar-refractivity contribution is 7.15. The van der Waals surface area contributed by atoms with Crippen LogP contribution < -0.4 is 5.32 Å². The minimum atomic E-state index is -1.14. The lowest BCUT2D eigenvalue weighted by atomic mass is 10.2. The van der Waals surface area contributed by atoms with E-state index in [4.69, 9.17) is 5.11 Å². The number of aliphatic carboxylic acids is 1. The van der Waals surface area contributed by atoms with E-state index < -0.39 is 17.8 Å². The number of anilines is 1. The van der Waals surface area contributed by atoms with Crippen molar-refractivity contribution in [1.82, 2.24) is 4.98 Å². The highest BCUT2D eigenvalue weighted by Crippen LogP contribution is 2.17. The van der Waals surface area contributed by atoms with E-state index in [0.29, 0.717) is 5.13 Å². The standard InChI is InChI=1S/C8H10N2O3S/c1-4-3-9-8(14-4)10-6(11)5(2)7(12)13/h3,5H,1-2H3,(H,12,13)(H,9,10,11). The monoisotopic (exact) mass is 214 g/mol. The molecule has 0 aliphatic carbocycles. The number of rotatable bonds is 3. The smallest absolute Gasteiger partial charge is 0.315 e. The van der Waals surface area contributed by atoms with E-state index in [0.717, 1.165) is 4.88 Å². The average Bonchev–Trinajstić information content (AvgIpc) is 2.49. The Kier molecular flexibility index (Phi) is 3.19. The Hall–Kier alpha value is -1.43. The number of thiazole rings is 1. The van der Waals surface area contributed by atoms with E-state index in [-0.39, 0.29) is 0 Å². The van der Waals surface area contributed by atoms with Gasteiger partial charge < -0.3 is 10.4 Å². The molecule has 1 aromatic heterocycles. The summed E-state index contributed by atoms with van der Waals surface area (Å²) in [6, 6.07) is 0. The molecule has 76 valence electrons. The lowest BCUT2D eigenvalue weighted by Gasteiger charge is -2.04. The summed E-state index contributed by atoms with van der Waals surface area (Å²) in [7, 11) is 0. The van der Waals surface area contributed by atoms with Crippen molar-refractivity contribution < 1.29 is 14.7 Å². The number of aryl methyl sites for hydroxylation is 1. The zero-order valence-corrected chi connectivity index (χ0v) is 8.59. The molecule has 14 heavy (non-hydrogen) atoms. The molecule has 1 rings (SSSR count). The number of hydrogen-bond acceptors (Lipinski definition) is 4. The second-order valence-corrected chi connectivity index (χ2v) is 4.06.